The number of aromatic nitrogens is 2. The van der Waals surface area contributed by atoms with Crippen LogP contribution in [0.15, 0.2) is 33.9 Å². The summed E-state index contributed by atoms with van der Waals surface area (Å²) in [5.74, 6) is 0.382. The van der Waals surface area contributed by atoms with Gasteiger partial charge in [-0.2, -0.15) is 8.78 Å². The zero-order chi connectivity index (χ0) is 17.4. The summed E-state index contributed by atoms with van der Waals surface area (Å²) in [5.41, 5.74) is 0.573. The highest BCUT2D eigenvalue weighted by Gasteiger charge is 2.12. The lowest BCUT2D eigenvalue weighted by atomic mass is 10.2. The van der Waals surface area contributed by atoms with Crippen molar-refractivity contribution in [1.29, 1.82) is 0 Å². The fourth-order valence-electron chi connectivity index (χ4n) is 1.75. The Morgan fingerprint density at radius 3 is 2.75 bits per heavy atom. The summed E-state index contributed by atoms with van der Waals surface area (Å²) < 4.78 is 33.9. The number of thioether (sulfide) groups is 1. The molecule has 0 saturated carbocycles. The first-order valence-electron chi connectivity index (χ1n) is 7.36. The Morgan fingerprint density at radius 2 is 2.08 bits per heavy atom. The first-order valence-corrected chi connectivity index (χ1v) is 8.35. The Labute approximate surface area is 142 Å². The molecule has 0 aliphatic rings. The number of nitrogens with zero attached hydrogens (tertiary/aromatic N) is 2. The minimum Gasteiger partial charge on any atom is -0.435 e. The van der Waals surface area contributed by atoms with E-state index in [9.17, 15) is 13.6 Å². The Kier molecular flexibility index (Phi) is 6.98. The second-order valence-corrected chi connectivity index (χ2v) is 5.69. The van der Waals surface area contributed by atoms with Crippen molar-refractivity contribution in [3.05, 3.63) is 24.3 Å². The number of hydrogen-bond acceptors (Lipinski definition) is 6. The molecule has 0 unspecified atom stereocenters. The SMILES string of the molecule is CCCCNC(=O)CSc1nnc(-c2ccc(OC(F)F)cc2)o1. The van der Waals surface area contributed by atoms with Gasteiger partial charge in [-0.1, -0.05) is 25.1 Å². The number of carbonyl (C=O) groups excluding carboxylic acids is 1. The van der Waals surface area contributed by atoms with Crippen LogP contribution >= 0.6 is 11.8 Å². The van der Waals surface area contributed by atoms with Crippen LogP contribution in [0, 0.1) is 0 Å². The zero-order valence-electron chi connectivity index (χ0n) is 13.0. The van der Waals surface area contributed by atoms with E-state index >= 15 is 0 Å². The Bertz CT molecular complexity index is 650. The largest absolute Gasteiger partial charge is 0.435 e. The van der Waals surface area contributed by atoms with E-state index in [1.165, 1.54) is 24.3 Å². The molecule has 2 rings (SSSR count). The van der Waals surface area contributed by atoms with Crippen LogP contribution < -0.4 is 10.1 Å². The lowest BCUT2D eigenvalue weighted by Gasteiger charge is -2.03. The third kappa shape index (κ3) is 5.80. The molecule has 0 atom stereocenters. The van der Waals surface area contributed by atoms with Gasteiger partial charge < -0.3 is 14.5 Å². The number of carbonyl (C=O) groups is 1. The maximum Gasteiger partial charge on any atom is 0.387 e. The van der Waals surface area contributed by atoms with Crippen LogP contribution in [-0.2, 0) is 4.79 Å². The molecular weight excluding hydrogens is 340 g/mol. The molecule has 0 spiro atoms. The van der Waals surface area contributed by atoms with E-state index in [1.54, 1.807) is 0 Å². The van der Waals surface area contributed by atoms with Crippen molar-refractivity contribution in [1.82, 2.24) is 15.5 Å². The van der Waals surface area contributed by atoms with Crippen molar-refractivity contribution < 1.29 is 22.7 Å². The van der Waals surface area contributed by atoms with Crippen molar-refractivity contribution in [3.63, 3.8) is 0 Å². The van der Waals surface area contributed by atoms with Gasteiger partial charge in [0.25, 0.3) is 5.22 Å². The highest BCUT2D eigenvalue weighted by atomic mass is 32.2. The average molecular weight is 357 g/mol. The third-order valence-electron chi connectivity index (χ3n) is 2.91. The molecule has 1 amide bonds. The average Bonchev–Trinajstić information content (AvgIpc) is 3.02. The molecular formula is C15H17F2N3O3S. The molecule has 1 N–H and O–H groups in total. The normalized spacial score (nSPS) is 10.8. The monoisotopic (exact) mass is 357 g/mol. The van der Waals surface area contributed by atoms with Gasteiger partial charge >= 0.3 is 6.61 Å². The minimum atomic E-state index is -2.87. The molecule has 0 saturated heterocycles. The molecule has 0 fully saturated rings. The van der Waals surface area contributed by atoms with Crippen LogP contribution in [0.1, 0.15) is 19.8 Å². The topological polar surface area (TPSA) is 77.2 Å². The van der Waals surface area contributed by atoms with Crippen LogP contribution in [-0.4, -0.2) is 35.0 Å². The van der Waals surface area contributed by atoms with Gasteiger partial charge in [-0.3, -0.25) is 4.79 Å². The summed E-state index contributed by atoms with van der Waals surface area (Å²) >= 11 is 1.14. The van der Waals surface area contributed by atoms with Gasteiger partial charge in [0.15, 0.2) is 0 Å². The second-order valence-electron chi connectivity index (χ2n) is 4.77. The molecule has 2 aromatic rings. The standard InChI is InChI=1S/C15H17F2N3O3S/c1-2-3-8-18-12(21)9-24-15-20-19-13(23-15)10-4-6-11(7-5-10)22-14(16)17/h4-7,14H,2-3,8-9H2,1H3,(H,18,21). The van der Waals surface area contributed by atoms with Gasteiger partial charge in [0.1, 0.15) is 5.75 Å². The minimum absolute atomic E-state index is 0.0478. The number of rotatable bonds is 9. The lowest BCUT2D eigenvalue weighted by molar-refractivity contribution is -0.118. The quantitative estimate of drug-likeness (QED) is 0.548. The van der Waals surface area contributed by atoms with Crippen molar-refractivity contribution in [2.24, 2.45) is 0 Å². The molecule has 6 nitrogen and oxygen atoms in total. The maximum atomic E-state index is 12.1. The van der Waals surface area contributed by atoms with Crippen molar-refractivity contribution in [3.8, 4) is 17.2 Å². The van der Waals surface area contributed by atoms with Gasteiger partial charge in [-0.05, 0) is 30.7 Å². The van der Waals surface area contributed by atoms with Crippen molar-refractivity contribution >= 4 is 17.7 Å². The molecule has 1 aromatic carbocycles. The summed E-state index contributed by atoms with van der Waals surface area (Å²) in [6.07, 6.45) is 1.95. The Balaban J connectivity index is 1.87. The number of halogens is 2. The van der Waals surface area contributed by atoms with E-state index in [1.807, 2.05) is 6.92 Å². The summed E-state index contributed by atoms with van der Waals surface area (Å²) in [6.45, 7) is -0.170. The first kappa shape index (κ1) is 18.2. The van der Waals surface area contributed by atoms with Crippen LogP contribution in [0.5, 0.6) is 5.75 Å². The van der Waals surface area contributed by atoms with Crippen LogP contribution in [0.4, 0.5) is 8.78 Å². The number of ether oxygens (including phenoxy) is 1. The molecule has 130 valence electrons. The van der Waals surface area contributed by atoms with E-state index in [0.29, 0.717) is 12.1 Å². The highest BCUT2D eigenvalue weighted by Crippen LogP contribution is 2.25. The molecule has 0 radical (unpaired) electrons. The number of unbranched alkanes of at least 4 members (excludes halogenated alkanes) is 1. The molecule has 24 heavy (non-hydrogen) atoms. The lowest BCUT2D eigenvalue weighted by Crippen LogP contribution is -2.25. The second kappa shape index (κ2) is 9.21. The number of alkyl halides is 2. The van der Waals surface area contributed by atoms with Crippen molar-refractivity contribution in [2.45, 2.75) is 31.6 Å². The fourth-order valence-corrected chi connectivity index (χ4v) is 2.34. The fraction of sp³-hybridized carbons (Fsp3) is 0.400. The number of benzene rings is 1. The molecule has 0 aliphatic carbocycles. The molecule has 0 aliphatic heterocycles. The molecule has 1 heterocycles. The summed E-state index contributed by atoms with van der Waals surface area (Å²) in [4.78, 5) is 11.6. The molecule has 9 heteroatoms. The van der Waals surface area contributed by atoms with Gasteiger partial charge in [-0.15, -0.1) is 10.2 Å². The Morgan fingerprint density at radius 1 is 1.33 bits per heavy atom. The first-order chi connectivity index (χ1) is 11.6. The smallest absolute Gasteiger partial charge is 0.387 e. The molecule has 0 bridgehead atoms. The summed E-state index contributed by atoms with van der Waals surface area (Å²) in [7, 11) is 0. The summed E-state index contributed by atoms with van der Waals surface area (Å²) in [5, 5.41) is 10.8. The number of nitrogens with one attached hydrogen (secondary N) is 1. The van der Waals surface area contributed by atoms with Crippen molar-refractivity contribution in [2.75, 3.05) is 12.3 Å². The number of amides is 1. The van der Waals surface area contributed by atoms with Gasteiger partial charge in [0.2, 0.25) is 11.8 Å². The third-order valence-corrected chi connectivity index (χ3v) is 3.73. The predicted octanol–water partition coefficient (Wildman–Crippen LogP) is 3.35. The van der Waals surface area contributed by atoms with Gasteiger partial charge in [-0.25, -0.2) is 0 Å². The van der Waals surface area contributed by atoms with Gasteiger partial charge in [0.05, 0.1) is 5.75 Å². The van der Waals surface area contributed by atoms with E-state index in [4.69, 9.17) is 4.42 Å². The number of hydrogen-bond donors (Lipinski definition) is 1. The van der Waals surface area contributed by atoms with E-state index in [2.05, 4.69) is 20.3 Å². The van der Waals surface area contributed by atoms with E-state index in [0.717, 1.165) is 24.6 Å². The predicted molar refractivity (Wildman–Crippen MR) is 85.0 cm³/mol. The highest BCUT2D eigenvalue weighted by molar-refractivity contribution is 7.99. The van der Waals surface area contributed by atoms with Crippen LogP contribution in [0.3, 0.4) is 0 Å². The zero-order valence-corrected chi connectivity index (χ0v) is 13.8. The maximum absolute atomic E-state index is 12.1. The van der Waals surface area contributed by atoms with E-state index in [-0.39, 0.29) is 28.5 Å². The van der Waals surface area contributed by atoms with Crippen LogP contribution in [0.2, 0.25) is 0 Å². The molecule has 1 aromatic heterocycles. The van der Waals surface area contributed by atoms with E-state index < -0.39 is 6.61 Å². The Hall–Kier alpha value is -2.16. The van der Waals surface area contributed by atoms with Crippen LogP contribution in [0.25, 0.3) is 11.5 Å². The summed E-state index contributed by atoms with van der Waals surface area (Å²) in [6, 6.07) is 5.85. The van der Waals surface area contributed by atoms with Gasteiger partial charge in [0, 0.05) is 12.1 Å².